The molecule has 0 radical (unpaired) electrons. The maximum Gasteiger partial charge on any atom is 0.311 e. The molecular weight excluding hydrogens is 148 g/mol. The van der Waals surface area contributed by atoms with Crippen molar-refractivity contribution in [3.8, 4) is 0 Å². The molecule has 0 aromatic heterocycles. The van der Waals surface area contributed by atoms with Crippen LogP contribution >= 0.6 is 0 Å². The van der Waals surface area contributed by atoms with Gasteiger partial charge in [-0.15, -0.1) is 0 Å². The fraction of sp³-hybridized carbons (Fsp3) is 0.857. The zero-order chi connectivity index (χ0) is 9.07. The molecule has 3 N–H and O–H groups in total. The molecule has 4 nitrogen and oxygen atoms in total. The maximum atomic E-state index is 10.5. The van der Waals surface area contributed by atoms with Gasteiger partial charge in [-0.2, -0.15) is 0 Å². The Kier molecular flexibility index (Phi) is 3.48. The van der Waals surface area contributed by atoms with Gasteiger partial charge in [0.1, 0.15) is 0 Å². The Morgan fingerprint density at radius 2 is 2.00 bits per heavy atom. The summed E-state index contributed by atoms with van der Waals surface area (Å²) in [5.41, 5.74) is -1.18. The van der Waals surface area contributed by atoms with Crippen LogP contribution in [-0.2, 0) is 4.79 Å². The summed E-state index contributed by atoms with van der Waals surface area (Å²) in [7, 11) is 0. The Labute approximate surface area is 65.5 Å². The van der Waals surface area contributed by atoms with Gasteiger partial charge in [0.25, 0.3) is 0 Å². The average molecular weight is 162 g/mol. The van der Waals surface area contributed by atoms with Crippen LogP contribution in [0.1, 0.15) is 20.3 Å². The van der Waals surface area contributed by atoms with Crippen LogP contribution in [0.25, 0.3) is 0 Å². The van der Waals surface area contributed by atoms with Crippen molar-refractivity contribution in [2.45, 2.75) is 26.4 Å². The van der Waals surface area contributed by atoms with E-state index in [0.717, 1.165) is 0 Å². The predicted molar refractivity (Wildman–Crippen MR) is 39.1 cm³/mol. The molecule has 0 aliphatic carbocycles. The summed E-state index contributed by atoms with van der Waals surface area (Å²) in [5, 5.41) is 26.2. The highest BCUT2D eigenvalue weighted by Gasteiger charge is 2.34. The number of hydrogen-bond acceptors (Lipinski definition) is 3. The average Bonchev–Trinajstić information content (AvgIpc) is 1.88. The first-order valence-corrected chi connectivity index (χ1v) is 3.45. The van der Waals surface area contributed by atoms with Gasteiger partial charge in [0, 0.05) is 6.61 Å². The van der Waals surface area contributed by atoms with E-state index in [1.807, 2.05) is 0 Å². The van der Waals surface area contributed by atoms with Gasteiger partial charge in [0.05, 0.1) is 11.5 Å². The second-order valence-electron chi connectivity index (χ2n) is 3.05. The molecule has 0 heterocycles. The Hall–Kier alpha value is -0.610. The monoisotopic (exact) mass is 162 g/mol. The number of carbonyl (C=O) groups is 1. The van der Waals surface area contributed by atoms with E-state index in [-0.39, 0.29) is 13.0 Å². The smallest absolute Gasteiger partial charge is 0.311 e. The SMILES string of the molecule is CC(C)(C(=O)O)C(O)CCO. The maximum absolute atomic E-state index is 10.5. The third-order valence-electron chi connectivity index (χ3n) is 1.79. The minimum absolute atomic E-state index is 0.0965. The molecule has 0 saturated carbocycles. The van der Waals surface area contributed by atoms with E-state index in [1.165, 1.54) is 13.8 Å². The van der Waals surface area contributed by atoms with Gasteiger partial charge < -0.3 is 15.3 Å². The Bertz CT molecular complexity index is 141. The van der Waals surface area contributed by atoms with E-state index in [4.69, 9.17) is 10.2 Å². The molecule has 0 fully saturated rings. The summed E-state index contributed by atoms with van der Waals surface area (Å²) >= 11 is 0. The van der Waals surface area contributed by atoms with Gasteiger partial charge in [0.15, 0.2) is 0 Å². The molecule has 1 unspecified atom stereocenters. The molecule has 0 aromatic rings. The van der Waals surface area contributed by atoms with Crippen LogP contribution in [0.3, 0.4) is 0 Å². The van der Waals surface area contributed by atoms with Crippen molar-refractivity contribution in [3.63, 3.8) is 0 Å². The number of hydrogen-bond donors (Lipinski definition) is 3. The van der Waals surface area contributed by atoms with Crippen LogP contribution in [-0.4, -0.2) is 34.0 Å². The lowest BCUT2D eigenvalue weighted by Crippen LogP contribution is -2.37. The van der Waals surface area contributed by atoms with Gasteiger partial charge in [-0.3, -0.25) is 4.79 Å². The summed E-state index contributed by atoms with van der Waals surface area (Å²) in [6.07, 6.45) is -0.899. The number of carboxylic acid groups (broad SMARTS) is 1. The first-order valence-electron chi connectivity index (χ1n) is 3.45. The molecule has 1 atom stereocenters. The number of aliphatic hydroxyl groups excluding tert-OH is 2. The molecule has 0 saturated heterocycles. The Balaban J connectivity index is 4.17. The zero-order valence-electron chi connectivity index (χ0n) is 6.74. The van der Waals surface area contributed by atoms with Crippen LogP contribution in [0.2, 0.25) is 0 Å². The van der Waals surface area contributed by atoms with Gasteiger partial charge >= 0.3 is 5.97 Å². The van der Waals surface area contributed by atoms with E-state index >= 15 is 0 Å². The Morgan fingerprint density at radius 3 is 2.27 bits per heavy atom. The lowest BCUT2D eigenvalue weighted by atomic mass is 9.85. The molecule has 0 rings (SSSR count). The summed E-state index contributed by atoms with van der Waals surface area (Å²) in [6.45, 7) is 2.66. The number of carboxylic acids is 1. The van der Waals surface area contributed by atoms with Crippen molar-refractivity contribution in [2.75, 3.05) is 6.61 Å². The Morgan fingerprint density at radius 1 is 1.55 bits per heavy atom. The van der Waals surface area contributed by atoms with Crippen LogP contribution in [0, 0.1) is 5.41 Å². The normalized spacial score (nSPS) is 14.5. The summed E-state index contributed by atoms with van der Waals surface area (Å²) in [4.78, 5) is 10.5. The lowest BCUT2D eigenvalue weighted by molar-refractivity contribution is -0.153. The second-order valence-corrected chi connectivity index (χ2v) is 3.05. The first kappa shape index (κ1) is 10.4. The highest BCUT2D eigenvalue weighted by molar-refractivity contribution is 5.74. The molecule has 0 amide bonds. The second kappa shape index (κ2) is 3.69. The minimum atomic E-state index is -1.18. The number of rotatable bonds is 4. The van der Waals surface area contributed by atoms with E-state index in [0.29, 0.717) is 0 Å². The van der Waals surface area contributed by atoms with Gasteiger partial charge in [-0.1, -0.05) is 0 Å². The fourth-order valence-corrected chi connectivity index (χ4v) is 0.626. The van der Waals surface area contributed by atoms with E-state index < -0.39 is 17.5 Å². The van der Waals surface area contributed by atoms with Crippen LogP contribution < -0.4 is 0 Å². The van der Waals surface area contributed by atoms with Crippen molar-refractivity contribution >= 4 is 5.97 Å². The molecule has 0 bridgehead atoms. The minimum Gasteiger partial charge on any atom is -0.481 e. The van der Waals surface area contributed by atoms with E-state index in [1.54, 1.807) is 0 Å². The standard InChI is InChI=1S/C7H14O4/c1-7(2,6(10)11)5(9)3-4-8/h5,8-9H,3-4H2,1-2H3,(H,10,11). The molecule has 4 heteroatoms. The summed E-state index contributed by atoms with van der Waals surface area (Å²) in [5.74, 6) is -1.06. The fourth-order valence-electron chi connectivity index (χ4n) is 0.626. The van der Waals surface area contributed by atoms with Crippen molar-refractivity contribution in [3.05, 3.63) is 0 Å². The summed E-state index contributed by atoms with van der Waals surface area (Å²) in [6, 6.07) is 0. The van der Waals surface area contributed by atoms with Crippen LogP contribution in [0.15, 0.2) is 0 Å². The lowest BCUT2D eigenvalue weighted by Gasteiger charge is -2.24. The van der Waals surface area contributed by atoms with Crippen LogP contribution in [0.4, 0.5) is 0 Å². The molecule has 0 spiro atoms. The highest BCUT2D eigenvalue weighted by Crippen LogP contribution is 2.22. The predicted octanol–water partition coefficient (Wildman–Crippen LogP) is -0.160. The number of aliphatic hydroxyl groups is 2. The summed E-state index contributed by atoms with van der Waals surface area (Å²) < 4.78 is 0. The van der Waals surface area contributed by atoms with Crippen LogP contribution in [0.5, 0.6) is 0 Å². The molecule has 0 aromatic carbocycles. The van der Waals surface area contributed by atoms with Crippen molar-refractivity contribution < 1.29 is 20.1 Å². The van der Waals surface area contributed by atoms with Crippen molar-refractivity contribution in [1.82, 2.24) is 0 Å². The largest absolute Gasteiger partial charge is 0.481 e. The molecule has 0 aliphatic rings. The van der Waals surface area contributed by atoms with E-state index in [2.05, 4.69) is 0 Å². The third-order valence-corrected chi connectivity index (χ3v) is 1.79. The number of aliphatic carboxylic acids is 1. The quantitative estimate of drug-likeness (QED) is 0.536. The van der Waals surface area contributed by atoms with Crippen molar-refractivity contribution in [2.24, 2.45) is 5.41 Å². The topological polar surface area (TPSA) is 77.8 Å². The molecular formula is C7H14O4. The molecule has 0 aliphatic heterocycles. The zero-order valence-corrected chi connectivity index (χ0v) is 6.74. The molecule has 66 valence electrons. The van der Waals surface area contributed by atoms with Gasteiger partial charge in [-0.05, 0) is 20.3 Å². The van der Waals surface area contributed by atoms with E-state index in [9.17, 15) is 9.90 Å². The third kappa shape index (κ3) is 2.48. The van der Waals surface area contributed by atoms with Gasteiger partial charge in [-0.25, -0.2) is 0 Å². The molecule has 11 heavy (non-hydrogen) atoms. The first-order chi connectivity index (χ1) is 4.92. The van der Waals surface area contributed by atoms with Crippen molar-refractivity contribution in [1.29, 1.82) is 0 Å². The van der Waals surface area contributed by atoms with Gasteiger partial charge in [0.2, 0.25) is 0 Å². The highest BCUT2D eigenvalue weighted by atomic mass is 16.4.